The maximum atomic E-state index is 12.5. The van der Waals surface area contributed by atoms with E-state index < -0.39 is 11.4 Å². The predicted octanol–water partition coefficient (Wildman–Crippen LogP) is 2.86. The number of aliphatic carboxylic acids is 1. The molecule has 0 aliphatic rings. The van der Waals surface area contributed by atoms with E-state index in [-0.39, 0.29) is 12.5 Å². The molecule has 2 rings (SSSR count). The Balaban J connectivity index is 2.26. The molecule has 0 aliphatic carbocycles. The van der Waals surface area contributed by atoms with E-state index in [1.54, 1.807) is 55.5 Å². The van der Waals surface area contributed by atoms with Crippen molar-refractivity contribution < 1.29 is 19.4 Å². The summed E-state index contributed by atoms with van der Waals surface area (Å²) in [6, 6.07) is 15.8. The van der Waals surface area contributed by atoms with Crippen molar-refractivity contribution in [2.45, 2.75) is 18.8 Å². The largest absolute Gasteiger partial charge is 0.496 e. The van der Waals surface area contributed by atoms with Gasteiger partial charge in [-0.25, -0.2) is 0 Å². The van der Waals surface area contributed by atoms with Crippen LogP contribution >= 0.6 is 0 Å². The van der Waals surface area contributed by atoms with Gasteiger partial charge in [-0.2, -0.15) is 0 Å². The quantitative estimate of drug-likeness (QED) is 0.820. The van der Waals surface area contributed by atoms with Gasteiger partial charge in [-0.1, -0.05) is 49.4 Å². The summed E-state index contributed by atoms with van der Waals surface area (Å²) in [5.41, 5.74) is -0.123. The molecule has 0 heterocycles. The van der Waals surface area contributed by atoms with Crippen molar-refractivity contribution in [1.82, 2.24) is 5.32 Å². The van der Waals surface area contributed by atoms with Crippen LogP contribution in [-0.4, -0.2) is 30.6 Å². The molecule has 0 aliphatic heterocycles. The number of methoxy groups -OCH3 is 1. The molecule has 2 aromatic rings. The first-order chi connectivity index (χ1) is 11.5. The molecule has 2 aromatic carbocycles. The van der Waals surface area contributed by atoms with Crippen LogP contribution in [0.1, 0.15) is 29.3 Å². The molecule has 0 saturated heterocycles. The maximum absolute atomic E-state index is 12.5. The summed E-state index contributed by atoms with van der Waals surface area (Å²) in [5.74, 6) is -0.869. The Bertz CT molecular complexity index is 714. The number of rotatable bonds is 7. The summed E-state index contributed by atoms with van der Waals surface area (Å²) in [6.45, 7) is 1.80. The lowest BCUT2D eigenvalue weighted by Gasteiger charge is -2.29. The first-order valence-corrected chi connectivity index (χ1v) is 7.75. The van der Waals surface area contributed by atoms with Gasteiger partial charge in [0.1, 0.15) is 11.2 Å². The Morgan fingerprint density at radius 2 is 1.71 bits per heavy atom. The van der Waals surface area contributed by atoms with Gasteiger partial charge in [0.2, 0.25) is 0 Å². The molecule has 1 atom stereocenters. The first kappa shape index (κ1) is 17.5. The highest BCUT2D eigenvalue weighted by Crippen LogP contribution is 2.28. The fourth-order valence-corrected chi connectivity index (χ4v) is 2.70. The average molecular weight is 327 g/mol. The van der Waals surface area contributed by atoms with E-state index in [9.17, 15) is 14.7 Å². The fourth-order valence-electron chi connectivity index (χ4n) is 2.70. The number of hydrogen-bond acceptors (Lipinski definition) is 3. The number of carbonyl (C=O) groups is 2. The van der Waals surface area contributed by atoms with Crippen LogP contribution in [0.25, 0.3) is 0 Å². The lowest BCUT2D eigenvalue weighted by molar-refractivity contribution is -0.143. The van der Waals surface area contributed by atoms with E-state index in [2.05, 4.69) is 5.32 Å². The number of carbonyl (C=O) groups excluding carboxylic acids is 1. The Morgan fingerprint density at radius 3 is 2.29 bits per heavy atom. The number of benzene rings is 2. The zero-order valence-electron chi connectivity index (χ0n) is 13.8. The first-order valence-electron chi connectivity index (χ1n) is 7.75. The van der Waals surface area contributed by atoms with Crippen LogP contribution in [0.2, 0.25) is 0 Å². The number of hydrogen-bond donors (Lipinski definition) is 2. The molecular weight excluding hydrogens is 306 g/mol. The molecule has 1 amide bonds. The standard InChI is InChI=1S/C19H21NO4/c1-3-19(18(22)23,14-9-5-4-6-10-14)13-20-17(21)15-11-7-8-12-16(15)24-2/h4-12H,3,13H2,1-2H3,(H,20,21)(H,22,23). The lowest BCUT2D eigenvalue weighted by Crippen LogP contribution is -2.46. The zero-order valence-corrected chi connectivity index (χ0v) is 13.8. The molecule has 1 unspecified atom stereocenters. The van der Waals surface area contributed by atoms with E-state index in [0.717, 1.165) is 0 Å². The van der Waals surface area contributed by atoms with E-state index in [1.807, 2.05) is 6.07 Å². The fraction of sp³-hybridized carbons (Fsp3) is 0.263. The van der Waals surface area contributed by atoms with Crippen molar-refractivity contribution in [2.75, 3.05) is 13.7 Å². The van der Waals surface area contributed by atoms with Crippen molar-refractivity contribution in [2.24, 2.45) is 0 Å². The smallest absolute Gasteiger partial charge is 0.315 e. The number of ether oxygens (including phenoxy) is 1. The molecule has 0 bridgehead atoms. The van der Waals surface area contributed by atoms with E-state index in [1.165, 1.54) is 7.11 Å². The summed E-state index contributed by atoms with van der Waals surface area (Å²) in [5, 5.41) is 12.5. The van der Waals surface area contributed by atoms with Gasteiger partial charge in [0.25, 0.3) is 5.91 Å². The molecule has 0 saturated carbocycles. The maximum Gasteiger partial charge on any atom is 0.315 e. The van der Waals surface area contributed by atoms with Crippen molar-refractivity contribution in [3.05, 3.63) is 65.7 Å². The van der Waals surface area contributed by atoms with Crippen molar-refractivity contribution >= 4 is 11.9 Å². The Hall–Kier alpha value is -2.82. The second kappa shape index (κ2) is 7.64. The van der Waals surface area contributed by atoms with Gasteiger partial charge in [0.05, 0.1) is 12.7 Å². The molecule has 126 valence electrons. The van der Waals surface area contributed by atoms with Gasteiger partial charge < -0.3 is 15.2 Å². The van der Waals surface area contributed by atoms with E-state index in [0.29, 0.717) is 23.3 Å². The van der Waals surface area contributed by atoms with Crippen molar-refractivity contribution in [3.63, 3.8) is 0 Å². The summed E-state index contributed by atoms with van der Waals surface area (Å²) in [7, 11) is 1.49. The second-order valence-electron chi connectivity index (χ2n) is 5.49. The third kappa shape index (κ3) is 3.40. The zero-order chi connectivity index (χ0) is 17.6. The molecule has 5 nitrogen and oxygen atoms in total. The summed E-state index contributed by atoms with van der Waals surface area (Å²) >= 11 is 0. The van der Waals surface area contributed by atoms with Crippen LogP contribution in [0.4, 0.5) is 0 Å². The molecule has 0 spiro atoms. The topological polar surface area (TPSA) is 75.6 Å². The third-order valence-corrected chi connectivity index (χ3v) is 4.24. The SMILES string of the molecule is CCC(CNC(=O)c1ccccc1OC)(C(=O)O)c1ccccc1. The monoisotopic (exact) mass is 327 g/mol. The third-order valence-electron chi connectivity index (χ3n) is 4.24. The Kier molecular flexibility index (Phi) is 5.58. The van der Waals surface area contributed by atoms with Crippen LogP contribution in [0.3, 0.4) is 0 Å². The minimum atomic E-state index is -1.17. The number of carboxylic acid groups (broad SMARTS) is 1. The van der Waals surface area contributed by atoms with Gasteiger partial charge in [-0.3, -0.25) is 9.59 Å². The van der Waals surface area contributed by atoms with Crippen LogP contribution < -0.4 is 10.1 Å². The highest BCUT2D eigenvalue weighted by Gasteiger charge is 2.39. The van der Waals surface area contributed by atoms with Crippen LogP contribution in [0, 0.1) is 0 Å². The molecule has 0 fully saturated rings. The molecule has 0 aromatic heterocycles. The summed E-state index contributed by atoms with van der Waals surface area (Å²) in [4.78, 5) is 24.4. The van der Waals surface area contributed by atoms with Gasteiger partial charge in [-0.05, 0) is 24.1 Å². The Labute approximate surface area is 141 Å². The van der Waals surface area contributed by atoms with Crippen molar-refractivity contribution in [3.8, 4) is 5.75 Å². The van der Waals surface area contributed by atoms with Gasteiger partial charge in [0.15, 0.2) is 0 Å². The van der Waals surface area contributed by atoms with Gasteiger partial charge in [0, 0.05) is 6.54 Å². The molecule has 0 radical (unpaired) electrons. The highest BCUT2D eigenvalue weighted by atomic mass is 16.5. The normalized spacial score (nSPS) is 12.9. The van der Waals surface area contributed by atoms with Gasteiger partial charge >= 0.3 is 5.97 Å². The average Bonchev–Trinajstić information content (AvgIpc) is 2.63. The summed E-state index contributed by atoms with van der Waals surface area (Å²) in [6.07, 6.45) is 0.360. The predicted molar refractivity (Wildman–Crippen MR) is 91.4 cm³/mol. The molecule has 2 N–H and O–H groups in total. The minimum Gasteiger partial charge on any atom is -0.496 e. The van der Waals surface area contributed by atoms with Crippen molar-refractivity contribution in [1.29, 1.82) is 0 Å². The number of amides is 1. The summed E-state index contributed by atoms with van der Waals surface area (Å²) < 4.78 is 5.18. The lowest BCUT2D eigenvalue weighted by atomic mass is 9.78. The van der Waals surface area contributed by atoms with Crippen LogP contribution in [0.15, 0.2) is 54.6 Å². The van der Waals surface area contributed by atoms with Crippen LogP contribution in [-0.2, 0) is 10.2 Å². The highest BCUT2D eigenvalue weighted by molar-refractivity contribution is 5.97. The number of carboxylic acids is 1. The Morgan fingerprint density at radius 1 is 1.08 bits per heavy atom. The number of para-hydroxylation sites is 1. The van der Waals surface area contributed by atoms with Gasteiger partial charge in [-0.15, -0.1) is 0 Å². The molecular formula is C19H21NO4. The minimum absolute atomic E-state index is 0.000269. The van der Waals surface area contributed by atoms with Crippen LogP contribution in [0.5, 0.6) is 5.75 Å². The van der Waals surface area contributed by atoms with E-state index in [4.69, 9.17) is 4.74 Å². The number of nitrogens with one attached hydrogen (secondary N) is 1. The molecule has 24 heavy (non-hydrogen) atoms. The molecule has 5 heteroatoms. The van der Waals surface area contributed by atoms with E-state index >= 15 is 0 Å². The second-order valence-corrected chi connectivity index (χ2v) is 5.49.